The van der Waals surface area contributed by atoms with Crippen LogP contribution in [0.15, 0.2) is 42.5 Å². The van der Waals surface area contributed by atoms with Crippen molar-refractivity contribution in [2.75, 3.05) is 19.5 Å². The van der Waals surface area contributed by atoms with E-state index >= 15 is 0 Å². The van der Waals surface area contributed by atoms with E-state index in [0.717, 1.165) is 5.56 Å². The van der Waals surface area contributed by atoms with Crippen molar-refractivity contribution < 1.29 is 19.2 Å². The van der Waals surface area contributed by atoms with Crippen LogP contribution in [0, 0.1) is 10.1 Å². The van der Waals surface area contributed by atoms with Gasteiger partial charge in [0.2, 0.25) is 5.91 Å². The molecule has 0 bridgehead atoms. The molecule has 0 aliphatic heterocycles. The first-order valence-corrected chi connectivity index (χ1v) is 7.28. The molecule has 0 unspecified atom stereocenters. The van der Waals surface area contributed by atoms with Gasteiger partial charge >= 0.3 is 0 Å². The fourth-order valence-corrected chi connectivity index (χ4v) is 2.19. The molecule has 0 atom stereocenters. The Morgan fingerprint density at radius 2 is 1.79 bits per heavy atom. The van der Waals surface area contributed by atoms with E-state index in [1.807, 2.05) is 12.1 Å². The van der Waals surface area contributed by atoms with Crippen molar-refractivity contribution in [2.24, 2.45) is 0 Å². The maximum atomic E-state index is 12.0. The van der Waals surface area contributed by atoms with Crippen LogP contribution < -0.4 is 14.8 Å². The minimum atomic E-state index is -0.502. The normalized spacial score (nSPS) is 10.1. The number of carbonyl (C=O) groups is 1. The molecular weight excluding hydrogens is 312 g/mol. The molecule has 2 aromatic carbocycles. The number of methoxy groups -OCH3 is 2. The summed E-state index contributed by atoms with van der Waals surface area (Å²) in [5, 5.41) is 13.4. The first-order valence-electron chi connectivity index (χ1n) is 7.28. The van der Waals surface area contributed by atoms with Gasteiger partial charge in [0.1, 0.15) is 11.5 Å². The maximum Gasteiger partial charge on any atom is 0.271 e. The molecule has 0 aliphatic rings. The number of amides is 1. The molecule has 0 radical (unpaired) electrons. The number of nitrogens with one attached hydrogen (secondary N) is 1. The number of hydrogen-bond donors (Lipinski definition) is 1. The minimum absolute atomic E-state index is 0.0645. The van der Waals surface area contributed by atoms with Crippen LogP contribution in [0.4, 0.5) is 11.4 Å². The van der Waals surface area contributed by atoms with Crippen molar-refractivity contribution >= 4 is 17.3 Å². The van der Waals surface area contributed by atoms with Crippen LogP contribution in [0.5, 0.6) is 11.5 Å². The number of carbonyl (C=O) groups excluding carboxylic acids is 1. The number of aryl methyl sites for hydroxylation is 1. The largest absolute Gasteiger partial charge is 0.497 e. The lowest BCUT2D eigenvalue weighted by Gasteiger charge is -2.09. The van der Waals surface area contributed by atoms with Crippen LogP contribution in [0.3, 0.4) is 0 Å². The Balaban J connectivity index is 1.98. The molecule has 0 aromatic heterocycles. The van der Waals surface area contributed by atoms with Gasteiger partial charge in [-0.1, -0.05) is 6.07 Å². The predicted molar refractivity (Wildman–Crippen MR) is 89.6 cm³/mol. The highest BCUT2D eigenvalue weighted by Crippen LogP contribution is 2.23. The third-order valence-electron chi connectivity index (χ3n) is 3.39. The average molecular weight is 330 g/mol. The zero-order valence-electron chi connectivity index (χ0n) is 13.4. The lowest BCUT2D eigenvalue weighted by molar-refractivity contribution is -0.384. The highest BCUT2D eigenvalue weighted by atomic mass is 16.6. The summed E-state index contributed by atoms with van der Waals surface area (Å²) < 4.78 is 10.4. The van der Waals surface area contributed by atoms with E-state index in [1.165, 1.54) is 18.2 Å². The van der Waals surface area contributed by atoms with Gasteiger partial charge in [-0.3, -0.25) is 14.9 Å². The molecule has 7 nitrogen and oxygen atoms in total. The van der Waals surface area contributed by atoms with E-state index in [9.17, 15) is 14.9 Å². The van der Waals surface area contributed by atoms with Crippen molar-refractivity contribution in [1.29, 1.82) is 0 Å². The lowest BCUT2D eigenvalue weighted by Crippen LogP contribution is -2.12. The zero-order valence-corrected chi connectivity index (χ0v) is 13.4. The Labute approximate surface area is 139 Å². The second-order valence-electron chi connectivity index (χ2n) is 5.08. The molecule has 2 aromatic rings. The molecule has 1 amide bonds. The third kappa shape index (κ3) is 4.70. The number of nitrogens with zero attached hydrogens (tertiary/aromatic N) is 1. The van der Waals surface area contributed by atoms with Gasteiger partial charge in [0.15, 0.2) is 0 Å². The molecule has 2 rings (SSSR count). The van der Waals surface area contributed by atoms with Gasteiger partial charge in [0.25, 0.3) is 5.69 Å². The van der Waals surface area contributed by atoms with E-state index in [4.69, 9.17) is 9.47 Å². The molecule has 0 heterocycles. The Kier molecular flexibility index (Phi) is 5.73. The molecule has 0 fully saturated rings. The van der Waals surface area contributed by atoms with Crippen molar-refractivity contribution in [2.45, 2.75) is 12.8 Å². The van der Waals surface area contributed by atoms with Crippen LogP contribution in [0.2, 0.25) is 0 Å². The van der Waals surface area contributed by atoms with Crippen molar-refractivity contribution in [1.82, 2.24) is 0 Å². The molecule has 0 spiro atoms. The molecule has 0 saturated heterocycles. The number of non-ortho nitro benzene ring substituents is 1. The number of ether oxygens (including phenoxy) is 2. The summed E-state index contributed by atoms with van der Waals surface area (Å²) >= 11 is 0. The van der Waals surface area contributed by atoms with Crippen molar-refractivity contribution in [3.63, 3.8) is 0 Å². The van der Waals surface area contributed by atoms with Gasteiger partial charge in [-0.05, 0) is 30.2 Å². The summed E-state index contributed by atoms with van der Waals surface area (Å²) in [6, 6.07) is 11.3. The number of rotatable bonds is 7. The summed E-state index contributed by atoms with van der Waals surface area (Å²) in [6.07, 6.45) is 0.729. The number of nitro benzene ring substituents is 1. The van der Waals surface area contributed by atoms with E-state index in [2.05, 4.69) is 5.32 Å². The van der Waals surface area contributed by atoms with Crippen molar-refractivity contribution in [3.8, 4) is 11.5 Å². The number of benzene rings is 2. The fraction of sp³-hybridized carbons (Fsp3) is 0.235. The van der Waals surface area contributed by atoms with E-state index in [-0.39, 0.29) is 18.0 Å². The second-order valence-corrected chi connectivity index (χ2v) is 5.08. The number of anilines is 1. The Morgan fingerprint density at radius 1 is 1.12 bits per heavy atom. The first-order chi connectivity index (χ1) is 11.5. The van der Waals surface area contributed by atoms with Crippen LogP contribution in [0.1, 0.15) is 12.0 Å². The number of nitro groups is 1. The van der Waals surface area contributed by atoms with Gasteiger partial charge < -0.3 is 14.8 Å². The number of hydrogen-bond acceptors (Lipinski definition) is 5. The summed E-state index contributed by atoms with van der Waals surface area (Å²) in [5.41, 5.74) is 1.24. The van der Waals surface area contributed by atoms with Crippen LogP contribution in [0.25, 0.3) is 0 Å². The molecule has 126 valence electrons. The second kappa shape index (κ2) is 7.96. The fourth-order valence-electron chi connectivity index (χ4n) is 2.19. The van der Waals surface area contributed by atoms with Crippen LogP contribution in [-0.4, -0.2) is 25.1 Å². The minimum Gasteiger partial charge on any atom is -0.497 e. The quantitative estimate of drug-likeness (QED) is 0.622. The topological polar surface area (TPSA) is 90.7 Å². The highest BCUT2D eigenvalue weighted by Gasteiger charge is 2.09. The first kappa shape index (κ1) is 17.3. The van der Waals surface area contributed by atoms with Gasteiger partial charge in [-0.25, -0.2) is 0 Å². The Morgan fingerprint density at radius 3 is 2.38 bits per heavy atom. The predicted octanol–water partition coefficient (Wildman–Crippen LogP) is 3.18. The summed E-state index contributed by atoms with van der Waals surface area (Å²) in [6.45, 7) is 0. The average Bonchev–Trinajstić information content (AvgIpc) is 2.59. The van der Waals surface area contributed by atoms with E-state index in [1.54, 1.807) is 26.4 Å². The van der Waals surface area contributed by atoms with Crippen LogP contribution >= 0.6 is 0 Å². The third-order valence-corrected chi connectivity index (χ3v) is 3.39. The van der Waals surface area contributed by atoms with E-state index in [0.29, 0.717) is 23.6 Å². The standard InChI is InChI=1S/C17H18N2O5/c1-23-15-8-12(9-16(11-15)24-2)6-7-17(20)18-13-4-3-5-14(10-13)19(21)22/h3-5,8-11H,6-7H2,1-2H3,(H,18,20). The van der Waals surface area contributed by atoms with E-state index < -0.39 is 4.92 Å². The molecule has 24 heavy (non-hydrogen) atoms. The SMILES string of the molecule is COc1cc(CCC(=O)Nc2cccc([N+](=O)[O-])c2)cc(OC)c1. The molecule has 0 saturated carbocycles. The summed E-state index contributed by atoms with van der Waals surface area (Å²) in [5.74, 6) is 1.09. The Hall–Kier alpha value is -3.09. The molecule has 7 heteroatoms. The van der Waals surface area contributed by atoms with Gasteiger partial charge in [0, 0.05) is 30.3 Å². The summed E-state index contributed by atoms with van der Waals surface area (Å²) in [7, 11) is 3.13. The lowest BCUT2D eigenvalue weighted by atomic mass is 10.1. The zero-order chi connectivity index (χ0) is 17.5. The van der Waals surface area contributed by atoms with Crippen molar-refractivity contribution in [3.05, 3.63) is 58.1 Å². The van der Waals surface area contributed by atoms with Gasteiger partial charge in [-0.2, -0.15) is 0 Å². The molecule has 1 N–H and O–H groups in total. The van der Waals surface area contributed by atoms with Crippen LogP contribution in [-0.2, 0) is 11.2 Å². The Bertz CT molecular complexity index is 723. The van der Waals surface area contributed by atoms with Gasteiger partial charge in [0.05, 0.1) is 19.1 Å². The van der Waals surface area contributed by atoms with Gasteiger partial charge in [-0.15, -0.1) is 0 Å². The smallest absolute Gasteiger partial charge is 0.271 e. The highest BCUT2D eigenvalue weighted by molar-refractivity contribution is 5.91. The molecule has 0 aliphatic carbocycles. The molecular formula is C17H18N2O5. The summed E-state index contributed by atoms with van der Waals surface area (Å²) in [4.78, 5) is 22.3. The maximum absolute atomic E-state index is 12.0. The monoisotopic (exact) mass is 330 g/mol.